The Balaban J connectivity index is 1.71. The maximum atomic E-state index is 12.1. The highest BCUT2D eigenvalue weighted by atomic mass is 16.5. The third-order valence-electron chi connectivity index (χ3n) is 3.01. The smallest absolute Gasteiger partial charge is 0.236 e. The molecule has 0 radical (unpaired) electrons. The van der Waals surface area contributed by atoms with E-state index in [0.717, 1.165) is 0 Å². The van der Waals surface area contributed by atoms with Crippen molar-refractivity contribution in [1.29, 1.82) is 0 Å². The van der Waals surface area contributed by atoms with Crippen LogP contribution in [0.4, 0.5) is 5.69 Å². The molecule has 23 heavy (non-hydrogen) atoms. The van der Waals surface area contributed by atoms with Crippen LogP contribution in [0.3, 0.4) is 0 Å². The average molecular weight is 309 g/mol. The second-order valence-corrected chi connectivity index (χ2v) is 4.87. The van der Waals surface area contributed by atoms with Crippen LogP contribution in [0.5, 0.6) is 11.5 Å². The van der Waals surface area contributed by atoms with Gasteiger partial charge in [-0.3, -0.25) is 4.79 Å². The van der Waals surface area contributed by atoms with Crippen LogP contribution >= 0.6 is 0 Å². The van der Waals surface area contributed by atoms with Gasteiger partial charge in [-0.05, 0) is 31.2 Å². The van der Waals surface area contributed by atoms with E-state index in [-0.39, 0.29) is 18.2 Å². The molecule has 0 fully saturated rings. The van der Waals surface area contributed by atoms with Gasteiger partial charge in [0.25, 0.3) is 0 Å². The highest BCUT2D eigenvalue weighted by molar-refractivity contribution is 5.93. The first-order chi connectivity index (χ1) is 11.2. The van der Waals surface area contributed by atoms with E-state index in [1.54, 1.807) is 19.1 Å². The van der Waals surface area contributed by atoms with Gasteiger partial charge in [0.05, 0.1) is 5.69 Å². The van der Waals surface area contributed by atoms with Crippen molar-refractivity contribution in [2.75, 3.05) is 5.32 Å². The maximum absolute atomic E-state index is 12.1. The third-order valence-corrected chi connectivity index (χ3v) is 3.01. The van der Waals surface area contributed by atoms with Crippen LogP contribution in [0.25, 0.3) is 0 Å². The number of carbonyl (C=O) groups excluding carboxylic acids is 1. The lowest BCUT2D eigenvalue weighted by molar-refractivity contribution is -0.115. The van der Waals surface area contributed by atoms with Gasteiger partial charge in [-0.1, -0.05) is 35.5 Å². The minimum atomic E-state index is -0.252. The third kappa shape index (κ3) is 3.94. The second-order valence-electron chi connectivity index (χ2n) is 4.87. The molecule has 3 aromatic rings. The quantitative estimate of drug-likeness (QED) is 0.782. The molecule has 0 bridgehead atoms. The number of para-hydroxylation sites is 3. The number of nitrogens with zero attached hydrogens (tertiary/aromatic N) is 2. The summed E-state index contributed by atoms with van der Waals surface area (Å²) >= 11 is 0. The van der Waals surface area contributed by atoms with Gasteiger partial charge in [0.1, 0.15) is 12.2 Å². The number of hydrogen-bond acceptors (Lipinski definition) is 5. The van der Waals surface area contributed by atoms with Crippen molar-refractivity contribution in [1.82, 2.24) is 10.1 Å². The fourth-order valence-electron chi connectivity index (χ4n) is 2.02. The number of ether oxygens (including phenoxy) is 1. The predicted molar refractivity (Wildman–Crippen MR) is 84.3 cm³/mol. The van der Waals surface area contributed by atoms with Crippen LogP contribution in [0.2, 0.25) is 0 Å². The molecule has 0 saturated heterocycles. The van der Waals surface area contributed by atoms with Gasteiger partial charge in [-0.2, -0.15) is 4.98 Å². The van der Waals surface area contributed by atoms with Crippen LogP contribution in [0, 0.1) is 6.92 Å². The predicted octanol–water partition coefficient (Wildman–Crippen LogP) is 3.35. The molecule has 0 aliphatic carbocycles. The molecule has 1 aromatic heterocycles. The van der Waals surface area contributed by atoms with Gasteiger partial charge in [0, 0.05) is 0 Å². The number of hydrogen-bond donors (Lipinski definition) is 1. The monoisotopic (exact) mass is 309 g/mol. The molecule has 6 heteroatoms. The SMILES string of the molecule is Cc1noc(CC(=O)Nc2ccccc2Oc2ccccc2)n1. The lowest BCUT2D eigenvalue weighted by Crippen LogP contribution is -2.15. The fourth-order valence-corrected chi connectivity index (χ4v) is 2.02. The first-order valence-corrected chi connectivity index (χ1v) is 7.12. The van der Waals surface area contributed by atoms with Crippen LogP contribution in [0.1, 0.15) is 11.7 Å². The minimum absolute atomic E-state index is 0.0144. The zero-order valence-electron chi connectivity index (χ0n) is 12.5. The van der Waals surface area contributed by atoms with Gasteiger partial charge in [0.15, 0.2) is 11.6 Å². The highest BCUT2D eigenvalue weighted by Crippen LogP contribution is 2.29. The van der Waals surface area contributed by atoms with Gasteiger partial charge in [-0.25, -0.2) is 0 Å². The molecule has 3 rings (SSSR count). The summed E-state index contributed by atoms with van der Waals surface area (Å²) in [4.78, 5) is 16.1. The molecule has 116 valence electrons. The van der Waals surface area contributed by atoms with E-state index < -0.39 is 0 Å². The Hall–Kier alpha value is -3.15. The van der Waals surface area contributed by atoms with Gasteiger partial charge in [-0.15, -0.1) is 0 Å². The van der Waals surface area contributed by atoms with Crippen molar-refractivity contribution in [3.8, 4) is 11.5 Å². The largest absolute Gasteiger partial charge is 0.455 e. The average Bonchev–Trinajstić information content (AvgIpc) is 2.95. The highest BCUT2D eigenvalue weighted by Gasteiger charge is 2.12. The summed E-state index contributed by atoms with van der Waals surface area (Å²) in [7, 11) is 0. The Labute approximate surface area is 133 Å². The van der Waals surface area contributed by atoms with Crippen molar-refractivity contribution in [3.05, 3.63) is 66.3 Å². The Morgan fingerprint density at radius 1 is 1.13 bits per heavy atom. The van der Waals surface area contributed by atoms with Crippen molar-refractivity contribution in [3.63, 3.8) is 0 Å². The lowest BCUT2D eigenvalue weighted by atomic mass is 10.2. The molecular weight excluding hydrogens is 294 g/mol. The van der Waals surface area contributed by atoms with E-state index in [2.05, 4.69) is 15.5 Å². The van der Waals surface area contributed by atoms with Crippen LogP contribution < -0.4 is 10.1 Å². The summed E-state index contributed by atoms with van der Waals surface area (Å²) in [6.07, 6.45) is 0.0144. The fraction of sp³-hybridized carbons (Fsp3) is 0.118. The summed E-state index contributed by atoms with van der Waals surface area (Å²) < 4.78 is 10.7. The Morgan fingerprint density at radius 3 is 2.61 bits per heavy atom. The molecule has 2 aromatic carbocycles. The molecule has 6 nitrogen and oxygen atoms in total. The number of nitrogens with one attached hydrogen (secondary N) is 1. The van der Waals surface area contributed by atoms with Gasteiger partial charge < -0.3 is 14.6 Å². The number of anilines is 1. The van der Waals surface area contributed by atoms with E-state index in [9.17, 15) is 4.79 Å². The standard InChI is InChI=1S/C17H15N3O3/c1-12-18-17(23-20-12)11-16(21)19-14-9-5-6-10-15(14)22-13-7-3-2-4-8-13/h2-10H,11H2,1H3,(H,19,21). The van der Waals surface area contributed by atoms with Crippen LogP contribution in [0.15, 0.2) is 59.1 Å². The molecule has 0 unspecified atom stereocenters. The Morgan fingerprint density at radius 2 is 1.87 bits per heavy atom. The molecule has 0 saturated carbocycles. The number of amides is 1. The first-order valence-electron chi connectivity index (χ1n) is 7.12. The number of aromatic nitrogens is 2. The number of carbonyl (C=O) groups is 1. The van der Waals surface area contributed by atoms with Crippen molar-refractivity contribution >= 4 is 11.6 Å². The van der Waals surface area contributed by atoms with E-state index >= 15 is 0 Å². The lowest BCUT2D eigenvalue weighted by Gasteiger charge is -2.11. The minimum Gasteiger partial charge on any atom is -0.455 e. The molecule has 0 spiro atoms. The molecule has 0 aliphatic heterocycles. The van der Waals surface area contributed by atoms with Gasteiger partial charge >= 0.3 is 0 Å². The number of aryl methyl sites for hydroxylation is 1. The van der Waals surface area contributed by atoms with Crippen molar-refractivity contribution < 1.29 is 14.1 Å². The second kappa shape index (κ2) is 6.74. The van der Waals surface area contributed by atoms with Crippen molar-refractivity contribution in [2.24, 2.45) is 0 Å². The summed E-state index contributed by atoms with van der Waals surface area (Å²) in [6.45, 7) is 1.70. The molecular formula is C17H15N3O3. The first kappa shape index (κ1) is 14.8. The van der Waals surface area contributed by atoms with E-state index in [1.165, 1.54) is 0 Å². The van der Waals surface area contributed by atoms with E-state index in [1.807, 2.05) is 42.5 Å². The molecule has 1 heterocycles. The zero-order valence-corrected chi connectivity index (χ0v) is 12.5. The van der Waals surface area contributed by atoms with Crippen molar-refractivity contribution in [2.45, 2.75) is 13.3 Å². The summed E-state index contributed by atoms with van der Waals surface area (Å²) in [6, 6.07) is 16.6. The molecule has 0 aliphatic rings. The topological polar surface area (TPSA) is 77.2 Å². The summed E-state index contributed by atoms with van der Waals surface area (Å²) in [5.41, 5.74) is 0.581. The summed E-state index contributed by atoms with van der Waals surface area (Å²) in [5.74, 6) is 1.79. The Bertz CT molecular complexity index is 800. The van der Waals surface area contributed by atoms with Crippen LogP contribution in [-0.4, -0.2) is 16.0 Å². The molecule has 1 N–H and O–H groups in total. The number of rotatable bonds is 5. The Kier molecular flexibility index (Phi) is 4.33. The number of benzene rings is 2. The normalized spacial score (nSPS) is 10.3. The summed E-state index contributed by atoms with van der Waals surface area (Å²) in [5, 5.41) is 6.46. The maximum Gasteiger partial charge on any atom is 0.236 e. The molecule has 0 atom stereocenters. The van der Waals surface area contributed by atoms with Gasteiger partial charge in [0.2, 0.25) is 11.8 Å². The molecule has 1 amide bonds. The zero-order chi connectivity index (χ0) is 16.1. The van der Waals surface area contributed by atoms with Crippen LogP contribution in [-0.2, 0) is 11.2 Å². The van der Waals surface area contributed by atoms with E-state index in [0.29, 0.717) is 23.0 Å². The van der Waals surface area contributed by atoms with E-state index in [4.69, 9.17) is 9.26 Å².